The molecule has 0 N–H and O–H groups in total. The van der Waals surface area contributed by atoms with Crippen molar-refractivity contribution in [2.45, 2.75) is 50.4 Å². The minimum atomic E-state index is -0.566. The Hall–Kier alpha value is -5.87. The van der Waals surface area contributed by atoms with Crippen LogP contribution in [0.2, 0.25) is 0 Å². The van der Waals surface area contributed by atoms with E-state index in [0.29, 0.717) is 17.5 Å². The quantitative estimate of drug-likeness (QED) is 0.189. The third kappa shape index (κ3) is 4.29. The molecule has 6 aromatic carbocycles. The summed E-state index contributed by atoms with van der Waals surface area (Å²) in [6.07, 6.45) is 1.10. The standard InChI is InChI=1S/C47H37N3O/c1-45(2)28-46(3,4)38-26-30(22-24-36(38)45)43-48-42(29-14-6-5-7-15-29)49-44(50-43)31-23-25-41-39(27-31)47(37-20-12-13-21-40(37)51-41)34-18-10-8-16-32(34)33-17-9-11-19-35(33)47/h5-27H,28H2,1-4H3. The molecule has 0 bridgehead atoms. The Balaban J connectivity index is 1.21. The van der Waals surface area contributed by atoms with Crippen molar-refractivity contribution >= 4 is 0 Å². The lowest BCUT2D eigenvalue weighted by Gasteiger charge is -2.39. The topological polar surface area (TPSA) is 47.9 Å². The van der Waals surface area contributed by atoms with Crippen LogP contribution in [0.1, 0.15) is 67.5 Å². The molecule has 10 rings (SSSR count). The number of rotatable bonds is 3. The van der Waals surface area contributed by atoms with Crippen LogP contribution >= 0.6 is 0 Å². The molecule has 4 heteroatoms. The second-order valence-electron chi connectivity index (χ2n) is 15.5. The highest BCUT2D eigenvalue weighted by molar-refractivity contribution is 5.89. The molecule has 4 nitrogen and oxygen atoms in total. The summed E-state index contributed by atoms with van der Waals surface area (Å²) in [6, 6.07) is 49.5. The summed E-state index contributed by atoms with van der Waals surface area (Å²) in [5, 5.41) is 0. The van der Waals surface area contributed by atoms with Gasteiger partial charge in [0.2, 0.25) is 0 Å². The van der Waals surface area contributed by atoms with Crippen molar-refractivity contribution in [3.63, 3.8) is 0 Å². The normalized spacial score (nSPS) is 16.4. The Kier molecular flexibility index (Phi) is 6.22. The number of ether oxygens (including phenoxy) is 1. The number of hydrogen-bond donors (Lipinski definition) is 0. The fraction of sp³-hybridized carbons (Fsp3) is 0.170. The number of para-hydroxylation sites is 1. The summed E-state index contributed by atoms with van der Waals surface area (Å²) < 4.78 is 6.70. The minimum absolute atomic E-state index is 0.0595. The molecule has 1 aliphatic heterocycles. The highest BCUT2D eigenvalue weighted by atomic mass is 16.5. The van der Waals surface area contributed by atoms with Gasteiger partial charge in [-0.1, -0.05) is 137 Å². The van der Waals surface area contributed by atoms with Gasteiger partial charge in [-0.25, -0.2) is 15.0 Å². The van der Waals surface area contributed by atoms with Gasteiger partial charge < -0.3 is 4.74 Å². The molecular weight excluding hydrogens is 623 g/mol. The Morgan fingerprint density at radius 2 is 0.902 bits per heavy atom. The van der Waals surface area contributed by atoms with E-state index in [1.165, 1.54) is 33.4 Å². The highest BCUT2D eigenvalue weighted by Crippen LogP contribution is 2.62. The minimum Gasteiger partial charge on any atom is -0.457 e. The maximum Gasteiger partial charge on any atom is 0.164 e. The van der Waals surface area contributed by atoms with Crippen LogP contribution in [-0.4, -0.2) is 15.0 Å². The number of nitrogens with zero attached hydrogens (tertiary/aromatic N) is 3. The van der Waals surface area contributed by atoms with Crippen molar-refractivity contribution in [1.29, 1.82) is 0 Å². The van der Waals surface area contributed by atoms with Gasteiger partial charge in [-0.3, -0.25) is 0 Å². The van der Waals surface area contributed by atoms with E-state index in [9.17, 15) is 0 Å². The van der Waals surface area contributed by atoms with Crippen molar-refractivity contribution in [3.8, 4) is 56.8 Å². The van der Waals surface area contributed by atoms with E-state index in [4.69, 9.17) is 19.7 Å². The summed E-state index contributed by atoms with van der Waals surface area (Å²) in [4.78, 5) is 15.5. The van der Waals surface area contributed by atoms with Crippen LogP contribution in [0.15, 0.2) is 140 Å². The molecular formula is C47H37N3O. The van der Waals surface area contributed by atoms with Crippen LogP contribution in [-0.2, 0) is 16.2 Å². The second kappa shape index (κ2) is 10.6. The Morgan fingerprint density at radius 1 is 0.412 bits per heavy atom. The first-order chi connectivity index (χ1) is 24.7. The van der Waals surface area contributed by atoms with Gasteiger partial charge >= 0.3 is 0 Å². The second-order valence-corrected chi connectivity index (χ2v) is 15.5. The summed E-state index contributed by atoms with van der Waals surface area (Å²) >= 11 is 0. The molecule has 3 aliphatic rings. The number of aromatic nitrogens is 3. The molecule has 2 aliphatic carbocycles. The number of fused-ring (bicyclic) bond motifs is 10. The van der Waals surface area contributed by atoms with E-state index in [0.717, 1.165) is 45.7 Å². The van der Waals surface area contributed by atoms with E-state index in [2.05, 4.69) is 149 Å². The molecule has 1 aromatic heterocycles. The van der Waals surface area contributed by atoms with Crippen LogP contribution in [0, 0.1) is 0 Å². The van der Waals surface area contributed by atoms with E-state index in [1.807, 2.05) is 18.2 Å². The van der Waals surface area contributed by atoms with E-state index < -0.39 is 5.41 Å². The summed E-state index contributed by atoms with van der Waals surface area (Å²) in [5.41, 5.74) is 12.5. The summed E-state index contributed by atoms with van der Waals surface area (Å²) in [5.74, 6) is 3.68. The van der Waals surface area contributed by atoms with E-state index in [-0.39, 0.29) is 10.8 Å². The molecule has 0 fully saturated rings. The highest BCUT2D eigenvalue weighted by Gasteiger charge is 2.51. The van der Waals surface area contributed by atoms with Crippen molar-refractivity contribution in [3.05, 3.63) is 173 Å². The van der Waals surface area contributed by atoms with Crippen molar-refractivity contribution in [2.75, 3.05) is 0 Å². The summed E-state index contributed by atoms with van der Waals surface area (Å²) in [7, 11) is 0. The maximum absolute atomic E-state index is 6.70. The third-order valence-electron chi connectivity index (χ3n) is 11.4. The molecule has 2 heterocycles. The molecule has 7 aromatic rings. The number of hydrogen-bond acceptors (Lipinski definition) is 4. The first-order valence-electron chi connectivity index (χ1n) is 17.8. The monoisotopic (exact) mass is 659 g/mol. The molecule has 51 heavy (non-hydrogen) atoms. The average molecular weight is 660 g/mol. The fourth-order valence-electron chi connectivity index (χ4n) is 9.47. The first-order valence-corrected chi connectivity index (χ1v) is 17.8. The van der Waals surface area contributed by atoms with Gasteiger partial charge in [-0.05, 0) is 81.0 Å². The maximum atomic E-state index is 6.70. The van der Waals surface area contributed by atoms with Crippen molar-refractivity contribution in [1.82, 2.24) is 15.0 Å². The molecule has 246 valence electrons. The Bertz CT molecular complexity index is 2500. The molecule has 0 radical (unpaired) electrons. The van der Waals surface area contributed by atoms with Crippen molar-refractivity contribution in [2.24, 2.45) is 0 Å². The van der Waals surface area contributed by atoms with Gasteiger partial charge in [0.05, 0.1) is 5.41 Å². The van der Waals surface area contributed by atoms with Gasteiger partial charge in [0.25, 0.3) is 0 Å². The molecule has 1 spiro atoms. The van der Waals surface area contributed by atoms with Gasteiger partial charge in [0.1, 0.15) is 11.5 Å². The lowest BCUT2D eigenvalue weighted by molar-refractivity contribution is 0.403. The van der Waals surface area contributed by atoms with Crippen LogP contribution in [0.3, 0.4) is 0 Å². The predicted octanol–water partition coefficient (Wildman–Crippen LogP) is 11.3. The third-order valence-corrected chi connectivity index (χ3v) is 11.4. The zero-order valence-electron chi connectivity index (χ0n) is 29.2. The fourth-order valence-corrected chi connectivity index (χ4v) is 9.47. The van der Waals surface area contributed by atoms with Gasteiger partial charge in [0.15, 0.2) is 17.5 Å². The predicted molar refractivity (Wildman–Crippen MR) is 204 cm³/mol. The van der Waals surface area contributed by atoms with E-state index >= 15 is 0 Å². The van der Waals surface area contributed by atoms with Crippen molar-refractivity contribution < 1.29 is 4.74 Å². The Labute approximate surface area is 298 Å². The number of benzene rings is 6. The Morgan fingerprint density at radius 3 is 1.57 bits per heavy atom. The lowest BCUT2D eigenvalue weighted by Crippen LogP contribution is -2.32. The van der Waals surface area contributed by atoms with Crippen LogP contribution in [0.25, 0.3) is 45.3 Å². The van der Waals surface area contributed by atoms with Crippen LogP contribution < -0.4 is 4.74 Å². The van der Waals surface area contributed by atoms with Gasteiger partial charge in [-0.15, -0.1) is 0 Å². The largest absolute Gasteiger partial charge is 0.457 e. The molecule has 0 amide bonds. The molecule has 0 saturated heterocycles. The molecule has 0 atom stereocenters. The van der Waals surface area contributed by atoms with Crippen LogP contribution in [0.5, 0.6) is 11.5 Å². The lowest BCUT2D eigenvalue weighted by atomic mass is 9.66. The first kappa shape index (κ1) is 30.0. The average Bonchev–Trinajstić information content (AvgIpc) is 3.55. The zero-order chi connectivity index (χ0) is 34.5. The molecule has 0 unspecified atom stereocenters. The smallest absolute Gasteiger partial charge is 0.164 e. The van der Waals surface area contributed by atoms with Gasteiger partial charge in [-0.2, -0.15) is 0 Å². The molecule has 0 saturated carbocycles. The summed E-state index contributed by atoms with van der Waals surface area (Å²) in [6.45, 7) is 9.39. The zero-order valence-corrected chi connectivity index (χ0v) is 29.2. The van der Waals surface area contributed by atoms with E-state index in [1.54, 1.807) is 0 Å². The van der Waals surface area contributed by atoms with Gasteiger partial charge in [0, 0.05) is 27.8 Å². The van der Waals surface area contributed by atoms with Crippen LogP contribution in [0.4, 0.5) is 0 Å². The SMILES string of the molecule is CC1(C)CC(C)(C)c2cc(-c3nc(-c4ccccc4)nc(-c4ccc5c(c4)C4(c6ccccc6O5)c5ccccc5-c5ccccc54)n3)ccc21.